The molecule has 1 saturated heterocycles. The minimum atomic E-state index is -4.88. The predicted octanol–water partition coefficient (Wildman–Crippen LogP) is 4.05. The summed E-state index contributed by atoms with van der Waals surface area (Å²) in [6.45, 7) is 2.08. The highest BCUT2D eigenvalue weighted by atomic mass is 19.4. The molecule has 0 radical (unpaired) electrons. The molecule has 1 aromatic heterocycles. The van der Waals surface area contributed by atoms with Crippen LogP contribution in [0.1, 0.15) is 13.3 Å². The fraction of sp³-hybridized carbons (Fsp3) is 0.261. The third-order valence-corrected chi connectivity index (χ3v) is 5.13. The van der Waals surface area contributed by atoms with Crippen molar-refractivity contribution in [1.29, 1.82) is 0 Å². The molecule has 1 atom stereocenters. The van der Waals surface area contributed by atoms with E-state index in [-0.39, 0.29) is 37.0 Å². The number of alkyl halides is 3. The largest absolute Gasteiger partial charge is 0.573 e. The van der Waals surface area contributed by atoms with Crippen LogP contribution in [0, 0.1) is 11.7 Å². The summed E-state index contributed by atoms with van der Waals surface area (Å²) in [6, 6.07) is 10.6. The Morgan fingerprint density at radius 1 is 1.23 bits per heavy atom. The highest BCUT2D eigenvalue weighted by Crippen LogP contribution is 2.32. The summed E-state index contributed by atoms with van der Waals surface area (Å²) in [5, 5.41) is 9.56. The second kappa shape index (κ2) is 9.65. The molecule has 2 aromatic carbocycles. The van der Waals surface area contributed by atoms with Crippen molar-refractivity contribution in [3.8, 4) is 28.4 Å². The van der Waals surface area contributed by atoms with Gasteiger partial charge in [-0.3, -0.25) is 9.59 Å². The smallest absolute Gasteiger partial charge is 0.491 e. The lowest BCUT2D eigenvalue weighted by Crippen LogP contribution is -2.24. The third kappa shape index (κ3) is 5.70. The first-order valence-corrected chi connectivity index (χ1v) is 10.6. The molecule has 12 heteroatoms. The second-order valence-electron chi connectivity index (χ2n) is 7.64. The number of aromatic nitrogens is 2. The first-order chi connectivity index (χ1) is 16.6. The Kier molecular flexibility index (Phi) is 6.63. The van der Waals surface area contributed by atoms with Gasteiger partial charge in [0.1, 0.15) is 5.75 Å². The van der Waals surface area contributed by atoms with E-state index < -0.39 is 29.8 Å². The van der Waals surface area contributed by atoms with Crippen molar-refractivity contribution in [1.82, 2.24) is 15.1 Å². The number of anilines is 1. The molecule has 8 nitrogen and oxygen atoms in total. The van der Waals surface area contributed by atoms with Gasteiger partial charge in [-0.1, -0.05) is 12.1 Å². The zero-order valence-corrected chi connectivity index (χ0v) is 18.4. The van der Waals surface area contributed by atoms with Crippen molar-refractivity contribution in [2.75, 3.05) is 18.5 Å². The minimum absolute atomic E-state index is 0.0336. The van der Waals surface area contributed by atoms with Crippen molar-refractivity contribution >= 4 is 17.6 Å². The van der Waals surface area contributed by atoms with Crippen LogP contribution < -0.4 is 20.1 Å². The highest BCUT2D eigenvalue weighted by Gasteiger charge is 2.31. The number of hydrogen-bond acceptors (Lipinski definition) is 5. The molecule has 1 aliphatic heterocycles. The Bertz CT molecular complexity index is 1260. The first-order valence-electron chi connectivity index (χ1n) is 10.6. The SMILES string of the molecule is CCOc1cc(-n2nc(NC(=O)[C@@H]3CNC(=O)C3)cc2-c2cccc(OC(F)(F)F)c2)ccc1F. The van der Waals surface area contributed by atoms with Gasteiger partial charge in [0.25, 0.3) is 0 Å². The molecule has 1 aliphatic rings. The molecule has 184 valence electrons. The van der Waals surface area contributed by atoms with E-state index in [2.05, 4.69) is 20.5 Å². The molecule has 1 fully saturated rings. The van der Waals surface area contributed by atoms with Crippen molar-refractivity contribution in [2.45, 2.75) is 19.7 Å². The van der Waals surface area contributed by atoms with Gasteiger partial charge in [0.05, 0.1) is 23.9 Å². The van der Waals surface area contributed by atoms with Gasteiger partial charge in [0.15, 0.2) is 17.4 Å². The number of nitrogens with zero attached hydrogens (tertiary/aromatic N) is 2. The molecule has 4 rings (SSSR count). The van der Waals surface area contributed by atoms with Gasteiger partial charge in [0, 0.05) is 30.7 Å². The zero-order valence-electron chi connectivity index (χ0n) is 18.4. The van der Waals surface area contributed by atoms with Crippen LogP contribution in [0.25, 0.3) is 16.9 Å². The summed E-state index contributed by atoms with van der Waals surface area (Å²) < 4.78 is 63.0. The third-order valence-electron chi connectivity index (χ3n) is 5.13. The fourth-order valence-corrected chi connectivity index (χ4v) is 3.61. The summed E-state index contributed by atoms with van der Waals surface area (Å²) in [4.78, 5) is 24.0. The number of carbonyl (C=O) groups excluding carboxylic acids is 2. The van der Waals surface area contributed by atoms with Crippen molar-refractivity contribution in [3.05, 3.63) is 54.3 Å². The Morgan fingerprint density at radius 2 is 2.03 bits per heavy atom. The van der Waals surface area contributed by atoms with Crippen molar-refractivity contribution < 1.29 is 36.6 Å². The second-order valence-corrected chi connectivity index (χ2v) is 7.64. The number of ether oxygens (including phenoxy) is 2. The summed E-state index contributed by atoms with van der Waals surface area (Å²) >= 11 is 0. The quantitative estimate of drug-likeness (QED) is 0.486. The van der Waals surface area contributed by atoms with Gasteiger partial charge in [-0.2, -0.15) is 0 Å². The van der Waals surface area contributed by atoms with E-state index >= 15 is 0 Å². The molecule has 2 amide bonds. The molecule has 0 saturated carbocycles. The molecule has 0 unspecified atom stereocenters. The summed E-state index contributed by atoms with van der Waals surface area (Å²) in [5.41, 5.74) is 0.924. The number of amides is 2. The fourth-order valence-electron chi connectivity index (χ4n) is 3.61. The van der Waals surface area contributed by atoms with Gasteiger partial charge >= 0.3 is 6.36 Å². The maximum atomic E-state index is 14.1. The lowest BCUT2D eigenvalue weighted by Gasteiger charge is -2.12. The number of benzene rings is 2. The Hall–Kier alpha value is -4.09. The van der Waals surface area contributed by atoms with Gasteiger partial charge in [0.2, 0.25) is 11.8 Å². The van der Waals surface area contributed by atoms with Gasteiger partial charge in [-0.05, 0) is 31.2 Å². The average molecular weight is 492 g/mol. The number of halogens is 4. The molecule has 2 heterocycles. The van der Waals surface area contributed by atoms with Crippen molar-refractivity contribution in [3.63, 3.8) is 0 Å². The zero-order chi connectivity index (χ0) is 25.2. The summed E-state index contributed by atoms with van der Waals surface area (Å²) in [7, 11) is 0. The summed E-state index contributed by atoms with van der Waals surface area (Å²) in [5.74, 6) is -2.27. The number of rotatable bonds is 7. The molecule has 3 aromatic rings. The molecule has 0 spiro atoms. The average Bonchev–Trinajstić information content (AvgIpc) is 3.41. The Morgan fingerprint density at radius 3 is 2.71 bits per heavy atom. The number of carbonyl (C=O) groups is 2. The molecular weight excluding hydrogens is 472 g/mol. The van der Waals surface area contributed by atoms with Crippen LogP contribution in [-0.4, -0.2) is 41.1 Å². The standard InChI is InChI=1S/C23H20F4N4O4/c1-2-34-19-10-15(6-7-17(19)24)31-18(13-4-3-5-16(8-13)35-23(25,26)27)11-20(30-31)29-22(33)14-9-21(32)28-12-14/h3-8,10-11,14H,2,9,12H2,1H3,(H,28,32)(H,29,30,33)/t14-/m0/s1. The van der Waals surface area contributed by atoms with E-state index in [1.54, 1.807) is 6.92 Å². The van der Waals surface area contributed by atoms with E-state index in [4.69, 9.17) is 4.74 Å². The van der Waals surface area contributed by atoms with E-state index in [0.29, 0.717) is 16.9 Å². The molecule has 0 aliphatic carbocycles. The lowest BCUT2D eigenvalue weighted by atomic mass is 10.1. The van der Waals surface area contributed by atoms with Crippen LogP contribution in [0.3, 0.4) is 0 Å². The van der Waals surface area contributed by atoms with Gasteiger partial charge in [-0.15, -0.1) is 18.3 Å². The molecule has 2 N–H and O–H groups in total. The summed E-state index contributed by atoms with van der Waals surface area (Å²) in [6.07, 6.45) is -4.85. The van der Waals surface area contributed by atoms with Crippen LogP contribution in [0.15, 0.2) is 48.5 Å². The maximum absolute atomic E-state index is 14.1. The number of hydrogen-bond donors (Lipinski definition) is 2. The molecule has 0 bridgehead atoms. The predicted molar refractivity (Wildman–Crippen MR) is 117 cm³/mol. The van der Waals surface area contributed by atoms with E-state index in [1.165, 1.54) is 47.1 Å². The lowest BCUT2D eigenvalue weighted by molar-refractivity contribution is -0.274. The van der Waals surface area contributed by atoms with Crippen LogP contribution in [0.2, 0.25) is 0 Å². The van der Waals surface area contributed by atoms with Gasteiger partial charge in [-0.25, -0.2) is 9.07 Å². The topological polar surface area (TPSA) is 94.5 Å². The Labute approximate surface area is 196 Å². The normalized spacial score (nSPS) is 15.6. The monoisotopic (exact) mass is 492 g/mol. The van der Waals surface area contributed by atoms with Crippen LogP contribution in [0.5, 0.6) is 11.5 Å². The van der Waals surface area contributed by atoms with Crippen LogP contribution in [-0.2, 0) is 9.59 Å². The van der Waals surface area contributed by atoms with Crippen molar-refractivity contribution in [2.24, 2.45) is 5.92 Å². The van der Waals surface area contributed by atoms with E-state index in [1.807, 2.05) is 0 Å². The molecule has 35 heavy (non-hydrogen) atoms. The van der Waals surface area contributed by atoms with E-state index in [0.717, 1.165) is 6.07 Å². The van der Waals surface area contributed by atoms with Gasteiger partial charge < -0.3 is 20.1 Å². The Balaban J connectivity index is 1.74. The highest BCUT2D eigenvalue weighted by molar-refractivity contribution is 5.97. The van der Waals surface area contributed by atoms with E-state index in [9.17, 15) is 27.2 Å². The van der Waals surface area contributed by atoms with Crippen LogP contribution >= 0.6 is 0 Å². The first kappa shape index (κ1) is 24.0. The minimum Gasteiger partial charge on any atom is -0.491 e. The molecular formula is C23H20F4N4O4. The number of nitrogens with one attached hydrogen (secondary N) is 2. The van der Waals surface area contributed by atoms with Crippen LogP contribution in [0.4, 0.5) is 23.4 Å². The maximum Gasteiger partial charge on any atom is 0.573 e.